The van der Waals surface area contributed by atoms with Crippen LogP contribution in [0.3, 0.4) is 0 Å². The fourth-order valence-corrected chi connectivity index (χ4v) is 2.07. The molecule has 0 aliphatic carbocycles. The van der Waals surface area contributed by atoms with E-state index in [-0.39, 0.29) is 0 Å². The van der Waals surface area contributed by atoms with Crippen molar-refractivity contribution in [2.24, 2.45) is 0 Å². The quantitative estimate of drug-likeness (QED) is 0.648. The minimum atomic E-state index is 0.369. The summed E-state index contributed by atoms with van der Waals surface area (Å²) in [6, 6.07) is 6.38. The van der Waals surface area contributed by atoms with Gasteiger partial charge in [0.15, 0.2) is 0 Å². The van der Waals surface area contributed by atoms with Gasteiger partial charge in [-0.25, -0.2) is 0 Å². The average molecular weight is 324 g/mol. The van der Waals surface area contributed by atoms with E-state index in [1.54, 1.807) is 0 Å². The summed E-state index contributed by atoms with van der Waals surface area (Å²) in [5, 5.41) is 9.41. The highest BCUT2D eigenvalue weighted by Gasteiger charge is 2.06. The second-order valence-corrected chi connectivity index (χ2v) is 5.56. The van der Waals surface area contributed by atoms with E-state index in [1.807, 2.05) is 0 Å². The monoisotopic (exact) mass is 324 g/mol. The number of hydrogen-bond acceptors (Lipinski definition) is 6. The first kappa shape index (κ1) is 17.5. The predicted octanol–water partition coefficient (Wildman–Crippen LogP) is 2.97. The van der Waals surface area contributed by atoms with Crippen LogP contribution in [0.5, 0.6) is 0 Å². The van der Waals surface area contributed by atoms with Crippen molar-refractivity contribution >= 4 is 17.8 Å². The molecule has 0 saturated heterocycles. The highest BCUT2D eigenvalue weighted by Crippen LogP contribution is 2.13. The van der Waals surface area contributed by atoms with Crippen molar-refractivity contribution in [2.75, 3.05) is 29.0 Å². The molecule has 6 heteroatoms. The van der Waals surface area contributed by atoms with E-state index in [2.05, 4.69) is 75.8 Å². The Hall–Kier alpha value is -2.81. The summed E-state index contributed by atoms with van der Waals surface area (Å²) in [5.41, 5.74) is 3.73. The normalized spacial score (nSPS) is 10.1. The smallest absolute Gasteiger partial charge is 0.230 e. The Labute approximate surface area is 143 Å². The maximum absolute atomic E-state index is 5.28. The largest absolute Gasteiger partial charge is 0.354 e. The maximum atomic E-state index is 5.28. The van der Waals surface area contributed by atoms with Gasteiger partial charge in [-0.15, -0.1) is 6.42 Å². The molecule has 0 amide bonds. The molecule has 0 unspecified atom stereocenters. The van der Waals surface area contributed by atoms with Gasteiger partial charge in [0, 0.05) is 13.1 Å². The highest BCUT2D eigenvalue weighted by molar-refractivity contribution is 5.43. The molecule has 0 radical (unpaired) electrons. The van der Waals surface area contributed by atoms with Gasteiger partial charge in [0.25, 0.3) is 0 Å². The van der Waals surface area contributed by atoms with Crippen molar-refractivity contribution in [1.82, 2.24) is 15.0 Å². The van der Waals surface area contributed by atoms with Gasteiger partial charge < -0.3 is 16.0 Å². The van der Waals surface area contributed by atoms with Crippen LogP contribution >= 0.6 is 0 Å². The molecule has 126 valence electrons. The Morgan fingerprint density at radius 1 is 0.958 bits per heavy atom. The van der Waals surface area contributed by atoms with Crippen LogP contribution in [-0.4, -0.2) is 28.0 Å². The molecule has 6 nitrogen and oxygen atoms in total. The number of hydrogen-bond donors (Lipinski definition) is 3. The molecular formula is C18H24N6. The number of rotatable bonds is 8. The number of nitrogens with one attached hydrogen (secondary N) is 3. The minimum absolute atomic E-state index is 0.369. The van der Waals surface area contributed by atoms with Crippen LogP contribution in [0.2, 0.25) is 0 Å². The molecule has 2 rings (SSSR count). The lowest BCUT2D eigenvalue weighted by molar-refractivity contribution is 0.932. The third kappa shape index (κ3) is 5.13. The summed E-state index contributed by atoms with van der Waals surface area (Å²) >= 11 is 0. The van der Waals surface area contributed by atoms with Crippen molar-refractivity contribution in [1.29, 1.82) is 0 Å². The van der Waals surface area contributed by atoms with E-state index in [9.17, 15) is 0 Å². The van der Waals surface area contributed by atoms with E-state index in [1.165, 1.54) is 16.7 Å². The van der Waals surface area contributed by atoms with Gasteiger partial charge in [-0.2, -0.15) is 15.0 Å². The summed E-state index contributed by atoms with van der Waals surface area (Å²) in [6.45, 7) is 8.12. The number of terminal acetylenes is 1. The van der Waals surface area contributed by atoms with E-state index in [4.69, 9.17) is 6.42 Å². The first-order valence-electron chi connectivity index (χ1n) is 8.09. The lowest BCUT2D eigenvalue weighted by Crippen LogP contribution is -2.13. The van der Waals surface area contributed by atoms with Crippen LogP contribution in [0.1, 0.15) is 30.0 Å². The molecule has 1 aromatic carbocycles. The number of benzene rings is 1. The fraction of sp³-hybridized carbons (Fsp3) is 0.389. The number of anilines is 3. The first-order valence-corrected chi connectivity index (χ1v) is 8.09. The molecule has 0 atom stereocenters. The number of aromatic nitrogens is 3. The maximum Gasteiger partial charge on any atom is 0.230 e. The predicted molar refractivity (Wildman–Crippen MR) is 99.2 cm³/mol. The van der Waals surface area contributed by atoms with Crippen LogP contribution in [0.15, 0.2) is 18.2 Å². The molecule has 3 N–H and O–H groups in total. The molecule has 1 aromatic heterocycles. The highest BCUT2D eigenvalue weighted by atomic mass is 15.3. The molecule has 1 heterocycles. The molecule has 0 saturated carbocycles. The Morgan fingerprint density at radius 3 is 2.25 bits per heavy atom. The molecule has 0 fully saturated rings. The Balaban J connectivity index is 2.11. The minimum Gasteiger partial charge on any atom is -0.354 e. The molecule has 0 bridgehead atoms. The molecule has 24 heavy (non-hydrogen) atoms. The molecule has 0 spiro atoms. The summed E-state index contributed by atoms with van der Waals surface area (Å²) in [7, 11) is 0. The fourth-order valence-electron chi connectivity index (χ4n) is 2.07. The third-order valence-electron chi connectivity index (χ3n) is 3.54. The Bertz CT molecular complexity index is 720. The van der Waals surface area contributed by atoms with Gasteiger partial charge in [0.05, 0.1) is 6.54 Å². The zero-order valence-corrected chi connectivity index (χ0v) is 14.5. The molecule has 0 aliphatic rings. The number of aryl methyl sites for hydroxylation is 2. The third-order valence-corrected chi connectivity index (χ3v) is 3.54. The van der Waals surface area contributed by atoms with Gasteiger partial charge in [0.1, 0.15) is 0 Å². The van der Waals surface area contributed by atoms with E-state index >= 15 is 0 Å². The van der Waals surface area contributed by atoms with Gasteiger partial charge >= 0.3 is 0 Å². The zero-order chi connectivity index (χ0) is 17.4. The first-order chi connectivity index (χ1) is 11.6. The van der Waals surface area contributed by atoms with Crippen molar-refractivity contribution in [3.63, 3.8) is 0 Å². The van der Waals surface area contributed by atoms with Crippen molar-refractivity contribution < 1.29 is 0 Å². The van der Waals surface area contributed by atoms with Gasteiger partial charge in [-0.1, -0.05) is 31.0 Å². The van der Waals surface area contributed by atoms with Crippen LogP contribution in [0.4, 0.5) is 17.8 Å². The average Bonchev–Trinajstić information content (AvgIpc) is 2.59. The van der Waals surface area contributed by atoms with Crippen LogP contribution in [0.25, 0.3) is 0 Å². The van der Waals surface area contributed by atoms with Crippen molar-refractivity contribution in [3.05, 3.63) is 34.9 Å². The van der Waals surface area contributed by atoms with Gasteiger partial charge in [-0.3, -0.25) is 0 Å². The Kier molecular flexibility index (Phi) is 6.38. The van der Waals surface area contributed by atoms with E-state index < -0.39 is 0 Å². The zero-order valence-electron chi connectivity index (χ0n) is 14.5. The SMILES string of the molecule is C#CCNc1nc(NCCC)nc(NCc2ccc(C)c(C)c2)n1. The standard InChI is InChI=1S/C18H24N6/c1-5-9-19-16-22-17(20-10-6-2)24-18(23-16)21-12-15-8-7-13(3)14(4)11-15/h1,7-8,11H,6,9-10,12H2,2-4H3,(H3,19,20,21,22,23,24). The lowest BCUT2D eigenvalue weighted by Gasteiger charge is -2.11. The van der Waals surface area contributed by atoms with Crippen molar-refractivity contribution in [2.45, 2.75) is 33.7 Å². The number of nitrogens with zero attached hydrogens (tertiary/aromatic N) is 3. The van der Waals surface area contributed by atoms with Crippen LogP contribution in [-0.2, 0) is 6.54 Å². The summed E-state index contributed by atoms with van der Waals surface area (Å²) in [4.78, 5) is 13.1. The Morgan fingerprint density at radius 2 is 1.62 bits per heavy atom. The molecule has 0 aliphatic heterocycles. The topological polar surface area (TPSA) is 74.8 Å². The summed E-state index contributed by atoms with van der Waals surface area (Å²) < 4.78 is 0. The second kappa shape index (κ2) is 8.73. The molecular weight excluding hydrogens is 300 g/mol. The van der Waals surface area contributed by atoms with Gasteiger partial charge in [0.2, 0.25) is 17.8 Å². The van der Waals surface area contributed by atoms with Crippen molar-refractivity contribution in [3.8, 4) is 12.3 Å². The summed E-state index contributed by atoms with van der Waals surface area (Å²) in [6.07, 6.45) is 6.27. The van der Waals surface area contributed by atoms with Gasteiger partial charge in [-0.05, 0) is 37.0 Å². The second-order valence-electron chi connectivity index (χ2n) is 5.56. The van der Waals surface area contributed by atoms with Crippen LogP contribution < -0.4 is 16.0 Å². The molecule has 2 aromatic rings. The lowest BCUT2D eigenvalue weighted by atomic mass is 10.1. The van der Waals surface area contributed by atoms with E-state index in [0.717, 1.165) is 13.0 Å². The summed E-state index contributed by atoms with van der Waals surface area (Å²) in [5.74, 6) is 4.03. The van der Waals surface area contributed by atoms with E-state index in [0.29, 0.717) is 30.9 Å². The van der Waals surface area contributed by atoms with Crippen LogP contribution in [0, 0.1) is 26.2 Å².